The van der Waals surface area contributed by atoms with Crippen molar-refractivity contribution in [3.63, 3.8) is 0 Å². The summed E-state index contributed by atoms with van der Waals surface area (Å²) in [6.07, 6.45) is 13.2. The number of carbonyl (C=O) groups is 1. The quantitative estimate of drug-likeness (QED) is 0.242. The molecule has 1 saturated heterocycles. The lowest BCUT2D eigenvalue weighted by Crippen LogP contribution is -2.65. The lowest BCUT2D eigenvalue weighted by molar-refractivity contribution is -0.0373. The van der Waals surface area contributed by atoms with Crippen LogP contribution in [-0.2, 0) is 13.0 Å². The first kappa shape index (κ1) is 38.9. The van der Waals surface area contributed by atoms with Crippen molar-refractivity contribution >= 4 is 11.7 Å². The highest BCUT2D eigenvalue weighted by Gasteiger charge is 2.54. The molecule has 2 aliphatic carbocycles. The van der Waals surface area contributed by atoms with Crippen molar-refractivity contribution in [3.05, 3.63) is 65.6 Å². The van der Waals surface area contributed by atoms with E-state index in [-0.39, 0.29) is 41.3 Å². The molecule has 274 valence electrons. The average molecular weight is 696 g/mol. The van der Waals surface area contributed by atoms with Gasteiger partial charge in [-0.15, -0.1) is 9.60 Å². The van der Waals surface area contributed by atoms with E-state index in [0.29, 0.717) is 31.1 Å². The minimum absolute atomic E-state index is 0.0471. The summed E-state index contributed by atoms with van der Waals surface area (Å²) in [6, 6.07) is 5.74. The Labute approximate surface area is 296 Å². The van der Waals surface area contributed by atoms with E-state index in [1.54, 1.807) is 17.3 Å². The van der Waals surface area contributed by atoms with E-state index < -0.39 is 5.82 Å². The summed E-state index contributed by atoms with van der Waals surface area (Å²) in [6.45, 7) is 12.3. The molecule has 3 fully saturated rings. The normalized spacial score (nSPS) is 17.2. The van der Waals surface area contributed by atoms with Gasteiger partial charge in [-0.05, 0) is 72.0 Å². The number of pyridine rings is 1. The predicted molar refractivity (Wildman–Crippen MR) is 193 cm³/mol. The molecule has 4 heterocycles. The van der Waals surface area contributed by atoms with Crippen LogP contribution in [-0.4, -0.2) is 83.3 Å². The van der Waals surface area contributed by atoms with E-state index in [1.165, 1.54) is 50.2 Å². The van der Waals surface area contributed by atoms with E-state index in [1.807, 2.05) is 54.8 Å². The topological polar surface area (TPSA) is 96.0 Å². The smallest absolute Gasteiger partial charge is 0.257 e. The number of rotatable bonds is 8. The van der Waals surface area contributed by atoms with Crippen LogP contribution in [0.15, 0.2) is 43.0 Å². The minimum Gasteiger partial charge on any atom is -0.490 e. The number of fused-ring (bicyclic) bond motifs is 1. The molecule has 0 bridgehead atoms. The minimum atomic E-state index is -0.509. The maximum absolute atomic E-state index is 14.2. The Bertz CT molecular complexity index is 1520. The third kappa shape index (κ3) is 9.45. The Hall–Kier alpha value is -3.90. The monoisotopic (exact) mass is 695 g/mol. The summed E-state index contributed by atoms with van der Waals surface area (Å²) < 4.78 is 40.6. The summed E-state index contributed by atoms with van der Waals surface area (Å²) in [7, 11) is 3.75. The molecule has 7 rings (SSSR count). The van der Waals surface area contributed by atoms with Crippen molar-refractivity contribution in [2.75, 3.05) is 45.2 Å². The van der Waals surface area contributed by atoms with Gasteiger partial charge in [-0.2, -0.15) is 0 Å². The van der Waals surface area contributed by atoms with Crippen LogP contribution < -0.4 is 19.7 Å². The second-order valence-corrected chi connectivity index (χ2v) is 13.4. The number of nitrogens with one attached hydrogen (secondary N) is 1. The molecular formula is C38H55F2N7O3. The van der Waals surface area contributed by atoms with Gasteiger partial charge in [-0.1, -0.05) is 39.5 Å². The van der Waals surface area contributed by atoms with Gasteiger partial charge in [0.2, 0.25) is 0 Å². The Balaban J connectivity index is 0.000000558. The van der Waals surface area contributed by atoms with Gasteiger partial charge in [0.25, 0.3) is 5.91 Å². The SMILES string of the molecule is C1CCC1.CC.CCN(C(=O)c1cc(F)ccc1Oc1cncnc1N1CC2(CC(Oc3ccnc4c3CN(F)CC4)C2)C1)C(C)C.CNC. The van der Waals surface area contributed by atoms with Gasteiger partial charge in [-0.25, -0.2) is 14.4 Å². The third-order valence-electron chi connectivity index (χ3n) is 9.27. The highest BCUT2D eigenvalue weighted by atomic mass is 19.2. The molecule has 0 radical (unpaired) electrons. The summed E-state index contributed by atoms with van der Waals surface area (Å²) in [5, 5.41) is 3.55. The molecule has 0 atom stereocenters. The van der Waals surface area contributed by atoms with E-state index in [9.17, 15) is 13.7 Å². The van der Waals surface area contributed by atoms with E-state index in [0.717, 1.165) is 48.1 Å². The standard InChI is InChI=1S/C30H34F2N6O3.C4H8.C2H7N.C2H6/c1-4-38(19(2)3)29(39)22-11-20(31)5-6-25(22)41-27-14-33-18-35-28(27)36-16-30(17-36)12-21(13-30)40-26-7-9-34-24-8-10-37(32)15-23(24)26;1-2-4-3-1;1-3-2;1-2/h5-7,9,11,14,18-19,21H,4,8,10,12-13,15-17H2,1-3H3;1-4H2;3H,1-2H3;1-2H3. The van der Waals surface area contributed by atoms with Crippen molar-refractivity contribution in [2.45, 2.75) is 98.3 Å². The zero-order chi connectivity index (χ0) is 36.3. The van der Waals surface area contributed by atoms with Crippen LogP contribution in [0.3, 0.4) is 0 Å². The van der Waals surface area contributed by atoms with Gasteiger partial charge >= 0.3 is 0 Å². The molecule has 10 nitrogen and oxygen atoms in total. The number of hydrogen-bond acceptors (Lipinski definition) is 9. The number of halogens is 2. The number of ether oxygens (including phenoxy) is 2. The van der Waals surface area contributed by atoms with Crippen LogP contribution in [0.5, 0.6) is 17.2 Å². The van der Waals surface area contributed by atoms with Gasteiger partial charge in [0.05, 0.1) is 18.3 Å². The highest BCUT2D eigenvalue weighted by Crippen LogP contribution is 2.52. The number of nitrogens with zero attached hydrogens (tertiary/aromatic N) is 6. The molecule has 2 saturated carbocycles. The molecule has 4 aliphatic rings. The van der Waals surface area contributed by atoms with E-state index in [4.69, 9.17) is 9.47 Å². The molecule has 0 unspecified atom stereocenters. The van der Waals surface area contributed by atoms with Crippen molar-refractivity contribution in [2.24, 2.45) is 5.41 Å². The first-order chi connectivity index (χ1) is 24.2. The number of aromatic nitrogens is 3. The van der Waals surface area contributed by atoms with Gasteiger partial charge in [0.15, 0.2) is 11.6 Å². The molecule has 1 N–H and O–H groups in total. The molecule has 12 heteroatoms. The van der Waals surface area contributed by atoms with Gasteiger partial charge in [-0.3, -0.25) is 9.78 Å². The summed E-state index contributed by atoms with van der Waals surface area (Å²) in [5.41, 5.74) is 2.02. The molecule has 1 aromatic carbocycles. The molecule has 2 aliphatic heterocycles. The zero-order valence-electron chi connectivity index (χ0n) is 30.8. The molecule has 2 aromatic heterocycles. The van der Waals surface area contributed by atoms with E-state index in [2.05, 4.69) is 25.2 Å². The second-order valence-electron chi connectivity index (χ2n) is 13.4. The van der Waals surface area contributed by atoms with Crippen LogP contribution in [0, 0.1) is 11.2 Å². The predicted octanol–water partition coefficient (Wildman–Crippen LogP) is 7.39. The van der Waals surface area contributed by atoms with Gasteiger partial charge < -0.3 is 24.6 Å². The van der Waals surface area contributed by atoms with Crippen LogP contribution in [0.2, 0.25) is 0 Å². The van der Waals surface area contributed by atoms with Crippen molar-refractivity contribution in [1.82, 2.24) is 30.3 Å². The third-order valence-corrected chi connectivity index (χ3v) is 9.27. The van der Waals surface area contributed by atoms with Crippen molar-refractivity contribution in [1.29, 1.82) is 0 Å². The van der Waals surface area contributed by atoms with Crippen LogP contribution >= 0.6 is 0 Å². The van der Waals surface area contributed by atoms with Crippen LogP contribution in [0.4, 0.5) is 14.7 Å². The van der Waals surface area contributed by atoms with Crippen LogP contribution in [0.1, 0.15) is 94.8 Å². The summed E-state index contributed by atoms with van der Waals surface area (Å²) in [4.78, 5) is 30.1. The molecule has 3 aromatic rings. The number of anilines is 1. The molecule has 50 heavy (non-hydrogen) atoms. The van der Waals surface area contributed by atoms with Crippen molar-refractivity contribution in [3.8, 4) is 17.2 Å². The largest absolute Gasteiger partial charge is 0.490 e. The van der Waals surface area contributed by atoms with Crippen LogP contribution in [0.25, 0.3) is 0 Å². The number of hydrogen-bond donors (Lipinski definition) is 1. The Morgan fingerprint density at radius 3 is 2.36 bits per heavy atom. The average Bonchev–Trinajstić information content (AvgIpc) is 3.03. The maximum atomic E-state index is 14.2. The number of benzene rings is 1. The number of amides is 1. The fourth-order valence-electron chi connectivity index (χ4n) is 6.47. The Morgan fingerprint density at radius 1 is 1.06 bits per heavy atom. The first-order valence-corrected chi connectivity index (χ1v) is 18.1. The van der Waals surface area contributed by atoms with E-state index >= 15 is 0 Å². The first-order valence-electron chi connectivity index (χ1n) is 18.1. The Kier molecular flexibility index (Phi) is 14.3. The lowest BCUT2D eigenvalue weighted by atomic mass is 9.61. The molecular weight excluding hydrogens is 640 g/mol. The Morgan fingerprint density at radius 2 is 1.74 bits per heavy atom. The summed E-state index contributed by atoms with van der Waals surface area (Å²) >= 11 is 0. The zero-order valence-corrected chi connectivity index (χ0v) is 30.8. The molecule has 1 amide bonds. The summed E-state index contributed by atoms with van der Waals surface area (Å²) in [5.74, 6) is 1.21. The van der Waals surface area contributed by atoms with Crippen molar-refractivity contribution < 1.29 is 23.1 Å². The van der Waals surface area contributed by atoms with Gasteiger partial charge in [0, 0.05) is 61.5 Å². The van der Waals surface area contributed by atoms with Gasteiger partial charge in [0.1, 0.15) is 29.7 Å². The second kappa shape index (κ2) is 18.4. The fourth-order valence-corrected chi connectivity index (χ4v) is 6.47. The fraction of sp³-hybridized carbons (Fsp3) is 0.579. The highest BCUT2D eigenvalue weighted by molar-refractivity contribution is 5.97. The number of carbonyl (C=O) groups excluding carboxylic acids is 1. The lowest BCUT2D eigenvalue weighted by Gasteiger charge is -2.59. The maximum Gasteiger partial charge on any atom is 0.257 e. The molecule has 1 spiro atoms.